The number of halogens is 1. The van der Waals surface area contributed by atoms with E-state index in [4.69, 9.17) is 0 Å². The molecule has 1 aromatic carbocycles. The molecule has 1 aliphatic heterocycles. The van der Waals surface area contributed by atoms with E-state index in [1.165, 1.54) is 17.1 Å². The molecule has 1 heterocycles. The van der Waals surface area contributed by atoms with Crippen molar-refractivity contribution in [2.75, 3.05) is 5.01 Å². The van der Waals surface area contributed by atoms with Crippen molar-refractivity contribution in [3.05, 3.63) is 30.1 Å². The molecule has 82 valence electrons. The van der Waals surface area contributed by atoms with Crippen molar-refractivity contribution in [2.45, 2.75) is 19.3 Å². The first-order valence-corrected chi connectivity index (χ1v) is 5.42. The van der Waals surface area contributed by atoms with Crippen LogP contribution in [0.25, 0.3) is 0 Å². The van der Waals surface area contributed by atoms with Gasteiger partial charge in [-0.3, -0.25) is 4.79 Å². The predicted octanol–water partition coefficient (Wildman–Crippen LogP) is 2.33. The van der Waals surface area contributed by atoms with E-state index in [1.807, 2.05) is 0 Å². The van der Waals surface area contributed by atoms with Crippen molar-refractivity contribution < 1.29 is 9.18 Å². The summed E-state index contributed by atoms with van der Waals surface area (Å²) in [4.78, 5) is 12.0. The smallest absolute Gasteiger partial charge is 0.256 e. The molecule has 0 saturated heterocycles. The Morgan fingerprint density at radius 1 is 1.44 bits per heavy atom. The fraction of sp³-hybridized carbons (Fsp3) is 0.333. The Labute approximate surface area is 92.6 Å². The average molecular weight is 218 g/mol. The minimum Gasteiger partial charge on any atom is -0.272 e. The molecule has 4 heteroatoms. The SMILES string of the molecule is O=C1C2CCCC2=NN1c1cccc(F)c1. The topological polar surface area (TPSA) is 32.7 Å². The monoisotopic (exact) mass is 218 g/mol. The van der Waals surface area contributed by atoms with Crippen LogP contribution in [0.1, 0.15) is 19.3 Å². The van der Waals surface area contributed by atoms with Crippen LogP contribution in [-0.2, 0) is 4.79 Å². The Hall–Kier alpha value is -1.71. The molecule has 3 nitrogen and oxygen atoms in total. The lowest BCUT2D eigenvalue weighted by atomic mass is 10.1. The van der Waals surface area contributed by atoms with Crippen LogP contribution in [0.2, 0.25) is 0 Å². The summed E-state index contributed by atoms with van der Waals surface area (Å²) in [7, 11) is 0. The second-order valence-electron chi connectivity index (χ2n) is 4.17. The molecule has 1 amide bonds. The molecule has 0 bridgehead atoms. The molecule has 3 rings (SSSR count). The average Bonchev–Trinajstić information content (AvgIpc) is 2.82. The molecular formula is C12H11FN2O. The van der Waals surface area contributed by atoms with Gasteiger partial charge in [-0.1, -0.05) is 6.07 Å². The summed E-state index contributed by atoms with van der Waals surface area (Å²) in [6.07, 6.45) is 2.80. The molecule has 1 fully saturated rings. The first-order chi connectivity index (χ1) is 7.75. The van der Waals surface area contributed by atoms with Crippen LogP contribution in [0.4, 0.5) is 10.1 Å². The first kappa shape index (κ1) is 9.51. The maximum atomic E-state index is 13.1. The van der Waals surface area contributed by atoms with Gasteiger partial charge in [-0.2, -0.15) is 5.10 Å². The fourth-order valence-electron chi connectivity index (χ4n) is 2.33. The number of carbonyl (C=O) groups is 1. The summed E-state index contributed by atoms with van der Waals surface area (Å²) in [6.45, 7) is 0. The zero-order chi connectivity index (χ0) is 11.1. The Morgan fingerprint density at radius 2 is 2.31 bits per heavy atom. The number of hydrogen-bond acceptors (Lipinski definition) is 2. The summed E-state index contributed by atoms with van der Waals surface area (Å²) in [5.41, 5.74) is 1.47. The van der Waals surface area contributed by atoms with E-state index < -0.39 is 0 Å². The van der Waals surface area contributed by atoms with Gasteiger partial charge in [0.05, 0.1) is 17.3 Å². The Balaban J connectivity index is 1.97. The fourth-order valence-corrected chi connectivity index (χ4v) is 2.33. The van der Waals surface area contributed by atoms with Crippen LogP contribution in [-0.4, -0.2) is 11.6 Å². The first-order valence-electron chi connectivity index (χ1n) is 5.42. The largest absolute Gasteiger partial charge is 0.272 e. The third-order valence-electron chi connectivity index (χ3n) is 3.12. The van der Waals surface area contributed by atoms with E-state index in [2.05, 4.69) is 5.10 Å². The van der Waals surface area contributed by atoms with Crippen molar-refractivity contribution in [3.8, 4) is 0 Å². The van der Waals surface area contributed by atoms with E-state index in [1.54, 1.807) is 12.1 Å². The van der Waals surface area contributed by atoms with Gasteiger partial charge >= 0.3 is 0 Å². The summed E-state index contributed by atoms with van der Waals surface area (Å²) < 4.78 is 13.1. The molecule has 0 aromatic heterocycles. The number of amides is 1. The maximum absolute atomic E-state index is 13.1. The standard InChI is InChI=1S/C12H11FN2O/c13-8-3-1-4-9(7-8)15-12(16)10-5-2-6-11(10)14-15/h1,3-4,7,10H,2,5-6H2. The number of anilines is 1. The number of carbonyl (C=O) groups excluding carboxylic acids is 1. The number of nitrogens with zero attached hydrogens (tertiary/aromatic N) is 2. The molecule has 1 aliphatic carbocycles. The molecule has 16 heavy (non-hydrogen) atoms. The van der Waals surface area contributed by atoms with Gasteiger partial charge in [0.25, 0.3) is 5.91 Å². The highest BCUT2D eigenvalue weighted by atomic mass is 19.1. The number of fused-ring (bicyclic) bond motifs is 1. The van der Waals surface area contributed by atoms with Gasteiger partial charge in [0.1, 0.15) is 5.82 Å². The van der Waals surface area contributed by atoms with E-state index in [-0.39, 0.29) is 17.6 Å². The Morgan fingerprint density at radius 3 is 3.06 bits per heavy atom. The van der Waals surface area contributed by atoms with E-state index in [0.29, 0.717) is 5.69 Å². The number of hydrazone groups is 1. The third-order valence-corrected chi connectivity index (χ3v) is 3.12. The summed E-state index contributed by atoms with van der Waals surface area (Å²) in [5, 5.41) is 5.61. The van der Waals surface area contributed by atoms with Crippen LogP contribution in [0, 0.1) is 11.7 Å². The number of benzene rings is 1. The molecule has 0 N–H and O–H groups in total. The highest BCUT2D eigenvalue weighted by Crippen LogP contribution is 2.33. The summed E-state index contributed by atoms with van der Waals surface area (Å²) in [5.74, 6) is -0.413. The van der Waals surface area contributed by atoms with Crippen LogP contribution in [0.15, 0.2) is 29.4 Å². The van der Waals surface area contributed by atoms with Gasteiger partial charge in [0.2, 0.25) is 0 Å². The Bertz CT molecular complexity index is 484. The zero-order valence-electron chi connectivity index (χ0n) is 8.69. The molecule has 2 aliphatic rings. The molecule has 1 unspecified atom stereocenters. The Kier molecular flexibility index (Phi) is 2.02. The van der Waals surface area contributed by atoms with Gasteiger partial charge in [-0.05, 0) is 37.5 Å². The van der Waals surface area contributed by atoms with E-state index >= 15 is 0 Å². The quantitative estimate of drug-likeness (QED) is 0.712. The van der Waals surface area contributed by atoms with Gasteiger partial charge in [-0.15, -0.1) is 0 Å². The summed E-state index contributed by atoms with van der Waals surface area (Å²) >= 11 is 0. The van der Waals surface area contributed by atoms with Gasteiger partial charge in [-0.25, -0.2) is 9.40 Å². The molecular weight excluding hydrogens is 207 g/mol. The third kappa shape index (κ3) is 1.33. The zero-order valence-corrected chi connectivity index (χ0v) is 8.69. The minimum atomic E-state index is -0.345. The highest BCUT2D eigenvalue weighted by molar-refractivity contribution is 6.16. The molecule has 1 saturated carbocycles. The second kappa shape index (κ2) is 3.40. The van der Waals surface area contributed by atoms with Crippen molar-refractivity contribution in [1.82, 2.24) is 0 Å². The van der Waals surface area contributed by atoms with Gasteiger partial charge in [0.15, 0.2) is 0 Å². The van der Waals surface area contributed by atoms with Gasteiger partial charge in [0, 0.05) is 0 Å². The lowest BCUT2D eigenvalue weighted by molar-refractivity contribution is -0.119. The van der Waals surface area contributed by atoms with Crippen LogP contribution in [0.5, 0.6) is 0 Å². The predicted molar refractivity (Wildman–Crippen MR) is 58.7 cm³/mol. The maximum Gasteiger partial charge on any atom is 0.256 e. The summed E-state index contributed by atoms with van der Waals surface area (Å²) in [6, 6.07) is 5.99. The lowest BCUT2D eigenvalue weighted by Crippen LogP contribution is -2.25. The van der Waals surface area contributed by atoms with Crippen molar-refractivity contribution in [3.63, 3.8) is 0 Å². The lowest BCUT2D eigenvalue weighted by Gasteiger charge is -2.13. The van der Waals surface area contributed by atoms with Gasteiger partial charge < -0.3 is 0 Å². The van der Waals surface area contributed by atoms with Crippen LogP contribution < -0.4 is 5.01 Å². The van der Waals surface area contributed by atoms with E-state index in [9.17, 15) is 9.18 Å². The second-order valence-corrected chi connectivity index (χ2v) is 4.17. The molecule has 0 spiro atoms. The van der Waals surface area contributed by atoms with Crippen molar-refractivity contribution >= 4 is 17.3 Å². The normalized spacial score (nSPS) is 23.6. The number of rotatable bonds is 1. The van der Waals surface area contributed by atoms with Crippen LogP contribution in [0.3, 0.4) is 0 Å². The highest BCUT2D eigenvalue weighted by Gasteiger charge is 2.39. The van der Waals surface area contributed by atoms with Crippen LogP contribution >= 0.6 is 0 Å². The van der Waals surface area contributed by atoms with Crippen molar-refractivity contribution in [2.24, 2.45) is 11.0 Å². The molecule has 1 atom stereocenters. The minimum absolute atomic E-state index is 0.0156. The van der Waals surface area contributed by atoms with E-state index in [0.717, 1.165) is 25.0 Å². The molecule has 1 aromatic rings. The number of hydrogen-bond donors (Lipinski definition) is 0. The van der Waals surface area contributed by atoms with Crippen molar-refractivity contribution in [1.29, 1.82) is 0 Å². The molecule has 0 radical (unpaired) electrons.